The Balaban J connectivity index is 2.13. The van der Waals surface area contributed by atoms with Gasteiger partial charge in [0.15, 0.2) is 0 Å². The molecule has 2 heterocycles. The molecule has 1 fully saturated rings. The van der Waals surface area contributed by atoms with Crippen LogP contribution in [0.5, 0.6) is 0 Å². The van der Waals surface area contributed by atoms with Crippen molar-refractivity contribution in [3.05, 3.63) is 30.1 Å². The molecule has 14 heavy (non-hydrogen) atoms. The van der Waals surface area contributed by atoms with Gasteiger partial charge in [0.2, 0.25) is 0 Å². The first-order valence-corrected chi connectivity index (χ1v) is 4.94. The molecule has 0 aromatic carbocycles. The van der Waals surface area contributed by atoms with Crippen LogP contribution < -0.4 is 0 Å². The fraction of sp³-hybridized carbons (Fsp3) is 0.545. The fourth-order valence-corrected chi connectivity index (χ4v) is 2.09. The van der Waals surface area contributed by atoms with Crippen molar-refractivity contribution < 1.29 is 4.74 Å². The quantitative estimate of drug-likeness (QED) is 0.709. The molecule has 2 rings (SSSR count). The molecule has 3 nitrogen and oxygen atoms in total. The summed E-state index contributed by atoms with van der Waals surface area (Å²) in [5.74, 6) is 0. The first kappa shape index (κ1) is 9.62. The summed E-state index contributed by atoms with van der Waals surface area (Å²) >= 11 is 0. The van der Waals surface area contributed by atoms with Crippen LogP contribution in [-0.2, 0) is 4.74 Å². The monoisotopic (exact) mass is 192 g/mol. The highest BCUT2D eigenvalue weighted by Gasteiger charge is 2.30. The van der Waals surface area contributed by atoms with E-state index < -0.39 is 0 Å². The Labute approximate surface area is 84.7 Å². The topological polar surface area (TPSA) is 25.4 Å². The minimum absolute atomic E-state index is 0.366. The number of hydrogen-bond acceptors (Lipinski definition) is 3. The van der Waals surface area contributed by atoms with Gasteiger partial charge in [-0.25, -0.2) is 0 Å². The summed E-state index contributed by atoms with van der Waals surface area (Å²) in [6.45, 7) is 1.01. The van der Waals surface area contributed by atoms with Gasteiger partial charge >= 0.3 is 0 Å². The number of hydrogen-bond donors (Lipinski definition) is 0. The van der Waals surface area contributed by atoms with E-state index >= 15 is 0 Å². The van der Waals surface area contributed by atoms with Gasteiger partial charge in [-0.2, -0.15) is 0 Å². The Morgan fingerprint density at radius 3 is 3.00 bits per heavy atom. The molecule has 0 saturated carbocycles. The van der Waals surface area contributed by atoms with Crippen molar-refractivity contribution >= 4 is 0 Å². The minimum atomic E-state index is 0.366. The Bertz CT molecular complexity index is 289. The molecule has 0 spiro atoms. The first-order valence-electron chi connectivity index (χ1n) is 4.94. The smallest absolute Gasteiger partial charge is 0.0716 e. The van der Waals surface area contributed by atoms with E-state index in [-0.39, 0.29) is 0 Å². The SMILES string of the molecule is COC1C[C@@H](c2cccnc2)N(C)C1. The van der Waals surface area contributed by atoms with Gasteiger partial charge in [-0.15, -0.1) is 0 Å². The Morgan fingerprint density at radius 1 is 1.57 bits per heavy atom. The van der Waals surface area contributed by atoms with Gasteiger partial charge in [-0.1, -0.05) is 6.07 Å². The van der Waals surface area contributed by atoms with Crippen LogP contribution >= 0.6 is 0 Å². The number of aromatic nitrogens is 1. The van der Waals surface area contributed by atoms with Gasteiger partial charge < -0.3 is 4.74 Å². The van der Waals surface area contributed by atoms with Crippen LogP contribution in [0.4, 0.5) is 0 Å². The Hall–Kier alpha value is -0.930. The van der Waals surface area contributed by atoms with Crippen molar-refractivity contribution in [1.82, 2.24) is 9.88 Å². The molecule has 0 bridgehead atoms. The van der Waals surface area contributed by atoms with E-state index in [1.807, 2.05) is 18.5 Å². The summed E-state index contributed by atoms with van der Waals surface area (Å²) in [4.78, 5) is 6.47. The number of methoxy groups -OCH3 is 1. The van der Waals surface area contributed by atoms with E-state index in [0.717, 1.165) is 13.0 Å². The zero-order chi connectivity index (χ0) is 9.97. The molecule has 3 heteroatoms. The zero-order valence-electron chi connectivity index (χ0n) is 8.68. The molecule has 0 radical (unpaired) electrons. The van der Waals surface area contributed by atoms with E-state index in [9.17, 15) is 0 Å². The summed E-state index contributed by atoms with van der Waals surface area (Å²) in [5, 5.41) is 0. The summed E-state index contributed by atoms with van der Waals surface area (Å²) in [7, 11) is 3.92. The van der Waals surface area contributed by atoms with Gasteiger partial charge in [0.1, 0.15) is 0 Å². The zero-order valence-corrected chi connectivity index (χ0v) is 8.68. The van der Waals surface area contributed by atoms with E-state index in [1.165, 1.54) is 5.56 Å². The van der Waals surface area contributed by atoms with Gasteiger partial charge in [0.25, 0.3) is 0 Å². The van der Waals surface area contributed by atoms with Crippen molar-refractivity contribution in [3.8, 4) is 0 Å². The van der Waals surface area contributed by atoms with E-state index in [4.69, 9.17) is 4.74 Å². The predicted octanol–water partition coefficient (Wildman–Crippen LogP) is 1.47. The van der Waals surface area contributed by atoms with Crippen LogP contribution in [0.15, 0.2) is 24.5 Å². The molecule has 1 aliphatic heterocycles. The molecule has 1 aromatic heterocycles. The predicted molar refractivity (Wildman–Crippen MR) is 55.0 cm³/mol. The number of pyridine rings is 1. The molecule has 76 valence electrons. The highest BCUT2D eigenvalue weighted by molar-refractivity contribution is 5.15. The standard InChI is InChI=1S/C11H16N2O/c1-13-8-10(14-2)6-11(13)9-4-3-5-12-7-9/h3-5,7,10-11H,6,8H2,1-2H3/t10?,11-/m0/s1. The third kappa shape index (κ3) is 1.79. The second kappa shape index (κ2) is 4.07. The lowest BCUT2D eigenvalue weighted by atomic mass is 10.1. The van der Waals surface area contributed by atoms with Crippen LogP contribution in [0.2, 0.25) is 0 Å². The number of rotatable bonds is 2. The molecule has 1 aliphatic rings. The number of nitrogens with zero attached hydrogens (tertiary/aromatic N) is 2. The molecule has 1 saturated heterocycles. The molecule has 0 N–H and O–H groups in total. The highest BCUT2D eigenvalue weighted by atomic mass is 16.5. The third-order valence-electron chi connectivity index (χ3n) is 2.91. The van der Waals surface area contributed by atoms with E-state index in [0.29, 0.717) is 12.1 Å². The number of likely N-dealkylation sites (N-methyl/N-ethyl adjacent to an activating group) is 1. The maximum Gasteiger partial charge on any atom is 0.0716 e. The number of likely N-dealkylation sites (tertiary alicyclic amines) is 1. The van der Waals surface area contributed by atoms with Gasteiger partial charge in [0, 0.05) is 32.1 Å². The first-order chi connectivity index (χ1) is 6.81. The Morgan fingerprint density at radius 2 is 2.43 bits per heavy atom. The van der Waals surface area contributed by atoms with Crippen LogP contribution in [0.1, 0.15) is 18.0 Å². The lowest BCUT2D eigenvalue weighted by Crippen LogP contribution is -2.20. The summed E-state index contributed by atoms with van der Waals surface area (Å²) in [6, 6.07) is 4.59. The van der Waals surface area contributed by atoms with Crippen molar-refractivity contribution in [2.45, 2.75) is 18.6 Å². The van der Waals surface area contributed by atoms with Gasteiger partial charge in [-0.3, -0.25) is 9.88 Å². The maximum absolute atomic E-state index is 5.37. The van der Waals surface area contributed by atoms with Crippen molar-refractivity contribution in [3.63, 3.8) is 0 Å². The lowest BCUT2D eigenvalue weighted by molar-refractivity contribution is 0.111. The number of ether oxygens (including phenoxy) is 1. The average molecular weight is 192 g/mol. The molecule has 1 aromatic rings. The molecule has 0 amide bonds. The van der Waals surface area contributed by atoms with Gasteiger partial charge in [0.05, 0.1) is 6.10 Å². The highest BCUT2D eigenvalue weighted by Crippen LogP contribution is 2.30. The Kier molecular flexibility index (Phi) is 2.79. The minimum Gasteiger partial charge on any atom is -0.380 e. The van der Waals surface area contributed by atoms with E-state index in [1.54, 1.807) is 7.11 Å². The molecule has 1 unspecified atom stereocenters. The van der Waals surface area contributed by atoms with Gasteiger partial charge in [-0.05, 0) is 25.1 Å². The van der Waals surface area contributed by atoms with Crippen molar-refractivity contribution in [2.24, 2.45) is 0 Å². The second-order valence-electron chi connectivity index (χ2n) is 3.84. The third-order valence-corrected chi connectivity index (χ3v) is 2.91. The molecule has 0 aliphatic carbocycles. The van der Waals surface area contributed by atoms with Crippen molar-refractivity contribution in [2.75, 3.05) is 20.7 Å². The lowest BCUT2D eigenvalue weighted by Gasteiger charge is -2.18. The molecular formula is C11H16N2O. The van der Waals surface area contributed by atoms with E-state index in [2.05, 4.69) is 23.0 Å². The van der Waals surface area contributed by atoms with Crippen LogP contribution in [0.3, 0.4) is 0 Å². The molecule has 2 atom stereocenters. The maximum atomic E-state index is 5.37. The van der Waals surface area contributed by atoms with Crippen LogP contribution in [-0.4, -0.2) is 36.7 Å². The van der Waals surface area contributed by atoms with Crippen molar-refractivity contribution in [1.29, 1.82) is 0 Å². The second-order valence-corrected chi connectivity index (χ2v) is 3.84. The van der Waals surface area contributed by atoms with Crippen LogP contribution in [0.25, 0.3) is 0 Å². The largest absolute Gasteiger partial charge is 0.380 e. The normalized spacial score (nSPS) is 28.1. The average Bonchev–Trinajstić information content (AvgIpc) is 2.61. The summed E-state index contributed by atoms with van der Waals surface area (Å²) in [5.41, 5.74) is 1.29. The summed E-state index contributed by atoms with van der Waals surface area (Å²) < 4.78 is 5.37. The summed E-state index contributed by atoms with van der Waals surface area (Å²) in [6.07, 6.45) is 5.19. The fourth-order valence-electron chi connectivity index (χ4n) is 2.09. The molecular weight excluding hydrogens is 176 g/mol. The van der Waals surface area contributed by atoms with Crippen LogP contribution in [0, 0.1) is 0 Å².